The third kappa shape index (κ3) is 3.41. The molecule has 4 amide bonds. The minimum Gasteiger partial charge on any atom is -0.323 e. The van der Waals surface area contributed by atoms with Gasteiger partial charge in [0.2, 0.25) is 15.9 Å². The number of carbonyl (C=O) groups excluding carboxylic acids is 3. The lowest BCUT2D eigenvalue weighted by Crippen LogP contribution is -2.55. The van der Waals surface area contributed by atoms with Crippen molar-refractivity contribution >= 4 is 33.6 Å². The fraction of sp³-hybridized carbons (Fsp3) is 0.571. The van der Waals surface area contributed by atoms with Gasteiger partial charge < -0.3 is 10.2 Å². The second-order valence-electron chi connectivity index (χ2n) is 8.61. The van der Waals surface area contributed by atoms with Crippen LogP contribution in [0.3, 0.4) is 0 Å². The number of fused-ring (bicyclic) bond motifs is 1. The number of amides is 4. The van der Waals surface area contributed by atoms with Crippen molar-refractivity contribution in [3.8, 4) is 0 Å². The molecule has 0 unspecified atom stereocenters. The normalized spacial score (nSPS) is 23.4. The molecule has 10 heteroatoms. The first-order valence-corrected chi connectivity index (χ1v) is 12.1. The van der Waals surface area contributed by atoms with Crippen molar-refractivity contribution in [2.45, 2.75) is 62.9 Å². The van der Waals surface area contributed by atoms with Gasteiger partial charge in [-0.1, -0.05) is 6.92 Å². The number of urea groups is 1. The number of sulfonamides is 1. The van der Waals surface area contributed by atoms with Crippen molar-refractivity contribution in [3.05, 3.63) is 23.8 Å². The van der Waals surface area contributed by atoms with Crippen molar-refractivity contribution < 1.29 is 22.8 Å². The van der Waals surface area contributed by atoms with Crippen molar-refractivity contribution in [3.63, 3.8) is 0 Å². The minimum atomic E-state index is -3.75. The topological polar surface area (TPSA) is 107 Å². The number of nitrogens with zero attached hydrogens (tertiary/aromatic N) is 3. The Morgan fingerprint density at radius 2 is 1.90 bits per heavy atom. The summed E-state index contributed by atoms with van der Waals surface area (Å²) in [5.74, 6) is -0.323. The van der Waals surface area contributed by atoms with Crippen LogP contribution in [0.15, 0.2) is 23.1 Å². The summed E-state index contributed by atoms with van der Waals surface area (Å²) in [5.41, 5.74) is 0.589. The van der Waals surface area contributed by atoms with Gasteiger partial charge in [0, 0.05) is 38.3 Å². The molecular formula is C21H28N4O5S. The SMILES string of the molecule is CCCN1C(=O)NC2(CCN(S(=O)(=O)c3ccc4c(c3)C[C@H](C)N4C(C)=O)CC2)C1=O. The third-order valence-corrected chi connectivity index (χ3v) is 8.41. The fourth-order valence-corrected chi connectivity index (χ4v) is 6.44. The molecular weight excluding hydrogens is 420 g/mol. The van der Waals surface area contributed by atoms with E-state index in [9.17, 15) is 22.8 Å². The molecule has 3 heterocycles. The first kappa shape index (κ1) is 21.8. The first-order chi connectivity index (χ1) is 14.6. The Labute approximate surface area is 182 Å². The quantitative estimate of drug-likeness (QED) is 0.702. The number of benzene rings is 1. The van der Waals surface area contributed by atoms with Crippen LogP contribution in [0.5, 0.6) is 0 Å². The number of piperidine rings is 1. The standard InChI is InChI=1S/C21H28N4O5S/c1-4-9-24-19(27)21(22-20(24)28)7-10-23(11-8-21)31(29,30)17-5-6-18-16(13-17)12-14(2)25(18)15(3)26/h5-6,13-14H,4,7-12H2,1-3H3,(H,22,28)/t14-/m0/s1. The average molecular weight is 449 g/mol. The van der Waals surface area contributed by atoms with Gasteiger partial charge >= 0.3 is 6.03 Å². The lowest BCUT2D eigenvalue weighted by molar-refractivity contribution is -0.132. The molecule has 3 aliphatic heterocycles. The Bertz CT molecular complexity index is 1050. The maximum Gasteiger partial charge on any atom is 0.325 e. The predicted octanol–water partition coefficient (Wildman–Crippen LogP) is 1.47. The highest BCUT2D eigenvalue weighted by Gasteiger charge is 2.53. The van der Waals surface area contributed by atoms with E-state index in [-0.39, 0.29) is 48.7 Å². The highest BCUT2D eigenvalue weighted by atomic mass is 32.2. The molecule has 2 fully saturated rings. The summed E-state index contributed by atoms with van der Waals surface area (Å²) in [4.78, 5) is 40.0. The number of rotatable bonds is 4. The lowest BCUT2D eigenvalue weighted by atomic mass is 9.88. The molecule has 1 aromatic rings. The number of nitrogens with one attached hydrogen (secondary N) is 1. The van der Waals surface area contributed by atoms with Gasteiger partial charge in [0.15, 0.2) is 0 Å². The molecule has 1 N–H and O–H groups in total. The number of imide groups is 1. The van der Waals surface area contributed by atoms with E-state index in [0.717, 1.165) is 11.3 Å². The Hall–Kier alpha value is -2.46. The average Bonchev–Trinajstić information content (AvgIpc) is 3.16. The zero-order chi connectivity index (χ0) is 22.6. The molecule has 3 aliphatic rings. The van der Waals surface area contributed by atoms with Crippen LogP contribution in [0.25, 0.3) is 0 Å². The predicted molar refractivity (Wildman–Crippen MR) is 114 cm³/mol. The van der Waals surface area contributed by atoms with Gasteiger partial charge in [-0.3, -0.25) is 14.5 Å². The number of anilines is 1. The van der Waals surface area contributed by atoms with Crippen LogP contribution in [0, 0.1) is 0 Å². The summed E-state index contributed by atoms with van der Waals surface area (Å²) in [7, 11) is -3.75. The molecule has 0 aliphatic carbocycles. The van der Waals surface area contributed by atoms with Gasteiger partial charge in [0.1, 0.15) is 5.54 Å². The molecule has 168 valence electrons. The number of hydrogen-bond donors (Lipinski definition) is 1. The molecule has 1 spiro atoms. The van der Waals surface area contributed by atoms with E-state index in [1.807, 2.05) is 13.8 Å². The molecule has 0 radical (unpaired) electrons. The second-order valence-corrected chi connectivity index (χ2v) is 10.5. The Kier molecular flexibility index (Phi) is 5.33. The summed E-state index contributed by atoms with van der Waals surface area (Å²) in [5, 5.41) is 2.80. The zero-order valence-corrected chi connectivity index (χ0v) is 18.9. The maximum atomic E-state index is 13.3. The third-order valence-electron chi connectivity index (χ3n) is 6.51. The Balaban J connectivity index is 1.52. The Morgan fingerprint density at radius 1 is 1.23 bits per heavy atom. The van der Waals surface area contributed by atoms with Crippen LogP contribution in [0.4, 0.5) is 10.5 Å². The van der Waals surface area contributed by atoms with Crippen molar-refractivity contribution in [2.75, 3.05) is 24.5 Å². The molecule has 1 atom stereocenters. The first-order valence-electron chi connectivity index (χ1n) is 10.7. The van der Waals surface area contributed by atoms with Gasteiger partial charge in [0.25, 0.3) is 5.91 Å². The zero-order valence-electron chi connectivity index (χ0n) is 18.1. The van der Waals surface area contributed by atoms with Gasteiger partial charge in [0.05, 0.1) is 4.90 Å². The summed E-state index contributed by atoms with van der Waals surface area (Å²) in [6.07, 6.45) is 1.77. The fourth-order valence-electron chi connectivity index (χ4n) is 4.95. The van der Waals surface area contributed by atoms with E-state index in [2.05, 4.69) is 5.32 Å². The summed E-state index contributed by atoms with van der Waals surface area (Å²) in [6.45, 7) is 6.01. The molecule has 0 saturated carbocycles. The van der Waals surface area contributed by atoms with Crippen LogP contribution in [-0.4, -0.2) is 66.7 Å². The van der Waals surface area contributed by atoms with Gasteiger partial charge in [-0.25, -0.2) is 13.2 Å². The van der Waals surface area contributed by atoms with Crippen LogP contribution >= 0.6 is 0 Å². The monoisotopic (exact) mass is 448 g/mol. The maximum absolute atomic E-state index is 13.3. The van der Waals surface area contributed by atoms with E-state index in [1.165, 1.54) is 22.2 Å². The molecule has 0 bridgehead atoms. The summed E-state index contributed by atoms with van der Waals surface area (Å²) < 4.78 is 27.9. The largest absolute Gasteiger partial charge is 0.325 e. The van der Waals surface area contributed by atoms with Crippen LogP contribution in [-0.2, 0) is 26.0 Å². The molecule has 1 aromatic carbocycles. The molecule has 0 aromatic heterocycles. The van der Waals surface area contributed by atoms with Gasteiger partial charge in [-0.05, 0) is 56.4 Å². The van der Waals surface area contributed by atoms with Crippen LogP contribution in [0.1, 0.15) is 45.6 Å². The molecule has 4 rings (SSSR count). The van der Waals surface area contributed by atoms with Crippen molar-refractivity contribution in [2.24, 2.45) is 0 Å². The van der Waals surface area contributed by atoms with Crippen molar-refractivity contribution in [1.82, 2.24) is 14.5 Å². The summed E-state index contributed by atoms with van der Waals surface area (Å²) >= 11 is 0. The van der Waals surface area contributed by atoms with E-state index in [4.69, 9.17) is 0 Å². The number of hydrogen-bond acceptors (Lipinski definition) is 5. The van der Waals surface area contributed by atoms with E-state index >= 15 is 0 Å². The van der Waals surface area contributed by atoms with Gasteiger partial charge in [-0.2, -0.15) is 4.31 Å². The molecule has 31 heavy (non-hydrogen) atoms. The second kappa shape index (κ2) is 7.59. The molecule has 9 nitrogen and oxygen atoms in total. The van der Waals surface area contributed by atoms with E-state index < -0.39 is 21.6 Å². The highest BCUT2D eigenvalue weighted by molar-refractivity contribution is 7.89. The smallest absolute Gasteiger partial charge is 0.323 e. The van der Waals surface area contributed by atoms with Crippen LogP contribution < -0.4 is 10.2 Å². The van der Waals surface area contributed by atoms with E-state index in [1.54, 1.807) is 17.0 Å². The van der Waals surface area contributed by atoms with E-state index in [0.29, 0.717) is 19.4 Å². The lowest BCUT2D eigenvalue weighted by Gasteiger charge is -2.36. The molecule has 2 saturated heterocycles. The summed E-state index contributed by atoms with van der Waals surface area (Å²) in [6, 6.07) is 4.48. The van der Waals surface area contributed by atoms with Crippen molar-refractivity contribution in [1.29, 1.82) is 0 Å². The highest BCUT2D eigenvalue weighted by Crippen LogP contribution is 2.36. The Morgan fingerprint density at radius 3 is 2.52 bits per heavy atom. The van der Waals surface area contributed by atoms with Crippen LogP contribution in [0.2, 0.25) is 0 Å². The van der Waals surface area contributed by atoms with Gasteiger partial charge in [-0.15, -0.1) is 0 Å². The number of carbonyl (C=O) groups is 3. The minimum absolute atomic E-state index is 0.0108.